The number of benzene rings is 1. The molecule has 0 aliphatic carbocycles. The number of hydrogen-bond acceptors (Lipinski definition) is 6. The summed E-state index contributed by atoms with van der Waals surface area (Å²) in [7, 11) is -4.10. The molecule has 1 aromatic heterocycles. The fraction of sp³-hybridized carbons (Fsp3) is 0.333. The summed E-state index contributed by atoms with van der Waals surface area (Å²) in [5.74, 6) is -1.68. The van der Waals surface area contributed by atoms with Gasteiger partial charge in [-0.05, 0) is 45.9 Å². The van der Waals surface area contributed by atoms with E-state index in [0.29, 0.717) is 0 Å². The van der Waals surface area contributed by atoms with Gasteiger partial charge in [0, 0.05) is 5.69 Å². The lowest BCUT2D eigenvalue weighted by Crippen LogP contribution is -2.23. The van der Waals surface area contributed by atoms with Crippen molar-refractivity contribution < 1.29 is 27.5 Å². The van der Waals surface area contributed by atoms with E-state index in [9.17, 15) is 18.0 Å². The predicted octanol–water partition coefficient (Wildman–Crippen LogP) is 2.70. The largest absolute Gasteiger partial charge is 0.462 e. The van der Waals surface area contributed by atoms with Gasteiger partial charge in [0.2, 0.25) is 0 Å². The molecule has 0 unspecified atom stereocenters. The van der Waals surface area contributed by atoms with Gasteiger partial charge in [0.1, 0.15) is 0 Å². The number of ether oxygens (including phenoxy) is 2. The highest BCUT2D eigenvalue weighted by Crippen LogP contribution is 2.25. The van der Waals surface area contributed by atoms with Crippen molar-refractivity contribution in [3.8, 4) is 0 Å². The minimum absolute atomic E-state index is 0.00255. The molecule has 0 atom stereocenters. The first-order valence-electron chi connectivity index (χ1n) is 8.12. The van der Waals surface area contributed by atoms with Crippen LogP contribution in [0.25, 0.3) is 0 Å². The molecule has 1 aromatic carbocycles. The summed E-state index contributed by atoms with van der Waals surface area (Å²) in [6.07, 6.45) is 0. The van der Waals surface area contributed by atoms with Crippen LogP contribution in [0.4, 0.5) is 0 Å². The highest BCUT2D eigenvalue weighted by molar-refractivity contribution is 7.90. The molecule has 0 fully saturated rings. The number of esters is 2. The molecule has 0 amide bonds. The maximum absolute atomic E-state index is 13.1. The van der Waals surface area contributed by atoms with Gasteiger partial charge in [-0.15, -0.1) is 0 Å². The van der Waals surface area contributed by atoms with Gasteiger partial charge in [0.15, 0.2) is 5.69 Å². The van der Waals surface area contributed by atoms with Crippen LogP contribution in [0.15, 0.2) is 35.2 Å². The maximum Gasteiger partial charge on any atom is 0.356 e. The second-order valence-electron chi connectivity index (χ2n) is 5.57. The number of hydrogen-bond donors (Lipinski definition) is 0. The summed E-state index contributed by atoms with van der Waals surface area (Å²) < 4.78 is 36.9. The molecule has 0 bridgehead atoms. The predicted molar refractivity (Wildman–Crippen MR) is 94.8 cm³/mol. The van der Waals surface area contributed by atoms with Gasteiger partial charge < -0.3 is 9.47 Å². The molecule has 8 heteroatoms. The van der Waals surface area contributed by atoms with E-state index in [1.165, 1.54) is 25.1 Å². The second kappa shape index (κ2) is 7.74. The Bertz CT molecular complexity index is 925. The van der Waals surface area contributed by atoms with E-state index in [2.05, 4.69) is 0 Å². The molecule has 26 heavy (non-hydrogen) atoms. The normalized spacial score (nSPS) is 11.2. The topological polar surface area (TPSA) is 91.7 Å². The monoisotopic (exact) mass is 379 g/mol. The first kappa shape index (κ1) is 19.7. The fourth-order valence-corrected chi connectivity index (χ4v) is 4.04. The molecule has 0 spiro atoms. The quantitative estimate of drug-likeness (QED) is 0.717. The molecular formula is C18H21NO6S. The summed E-state index contributed by atoms with van der Waals surface area (Å²) in [5.41, 5.74) is 0.601. The van der Waals surface area contributed by atoms with Gasteiger partial charge in [0.05, 0.1) is 23.7 Å². The third-order valence-electron chi connectivity index (χ3n) is 3.66. The minimum Gasteiger partial charge on any atom is -0.462 e. The molecule has 7 nitrogen and oxygen atoms in total. The SMILES string of the molecule is CCOC(=O)c1cc(C)n(S(=O)(=O)c2ccc(C)cc2)c1C(=O)OCC. The summed E-state index contributed by atoms with van der Waals surface area (Å²) in [6, 6.07) is 7.52. The van der Waals surface area contributed by atoms with Crippen LogP contribution in [0, 0.1) is 13.8 Å². The number of carbonyl (C=O) groups is 2. The van der Waals surface area contributed by atoms with Crippen molar-refractivity contribution in [2.75, 3.05) is 13.2 Å². The van der Waals surface area contributed by atoms with Crippen molar-refractivity contribution in [3.63, 3.8) is 0 Å². The molecule has 0 radical (unpaired) electrons. The average molecular weight is 379 g/mol. The van der Waals surface area contributed by atoms with Crippen LogP contribution in [0.2, 0.25) is 0 Å². The Balaban J connectivity index is 2.72. The van der Waals surface area contributed by atoms with Crippen LogP contribution in [0.5, 0.6) is 0 Å². The fourth-order valence-electron chi connectivity index (χ4n) is 2.50. The number of nitrogens with zero attached hydrogens (tertiary/aromatic N) is 1. The third-order valence-corrected chi connectivity index (χ3v) is 5.47. The number of rotatable bonds is 6. The minimum atomic E-state index is -4.10. The highest BCUT2D eigenvalue weighted by Gasteiger charge is 2.32. The second-order valence-corrected chi connectivity index (χ2v) is 7.36. The molecule has 0 N–H and O–H groups in total. The van der Waals surface area contributed by atoms with Crippen LogP contribution in [-0.2, 0) is 19.5 Å². The van der Waals surface area contributed by atoms with E-state index in [1.807, 2.05) is 6.92 Å². The number of carbonyl (C=O) groups excluding carboxylic acids is 2. The molecular weight excluding hydrogens is 358 g/mol. The molecule has 1 heterocycles. The molecule has 140 valence electrons. The smallest absolute Gasteiger partial charge is 0.356 e. The Kier molecular flexibility index (Phi) is 5.86. The Morgan fingerprint density at radius 3 is 2.04 bits per heavy atom. The van der Waals surface area contributed by atoms with Crippen LogP contribution in [0.1, 0.15) is 46.0 Å². The summed E-state index contributed by atoms with van der Waals surface area (Å²) in [5, 5.41) is 0. The van der Waals surface area contributed by atoms with Crippen molar-refractivity contribution in [2.45, 2.75) is 32.6 Å². The molecule has 0 aliphatic heterocycles. The van der Waals surface area contributed by atoms with Crippen molar-refractivity contribution in [2.24, 2.45) is 0 Å². The van der Waals surface area contributed by atoms with Gasteiger partial charge in [0.25, 0.3) is 10.0 Å². The molecule has 0 saturated carbocycles. The van der Waals surface area contributed by atoms with Crippen LogP contribution in [-0.4, -0.2) is 37.5 Å². The molecule has 0 aliphatic rings. The lowest BCUT2D eigenvalue weighted by Gasteiger charge is -2.13. The van der Waals surface area contributed by atoms with Crippen molar-refractivity contribution in [3.05, 3.63) is 52.8 Å². The Morgan fingerprint density at radius 1 is 0.962 bits per heavy atom. The average Bonchev–Trinajstić information content (AvgIpc) is 2.94. The Labute approximate surface area is 152 Å². The van der Waals surface area contributed by atoms with E-state index in [4.69, 9.17) is 9.47 Å². The first-order valence-corrected chi connectivity index (χ1v) is 9.56. The lowest BCUT2D eigenvalue weighted by atomic mass is 10.2. The lowest BCUT2D eigenvalue weighted by molar-refractivity contribution is 0.0474. The zero-order valence-corrected chi connectivity index (χ0v) is 15.9. The summed E-state index contributed by atoms with van der Waals surface area (Å²) in [4.78, 5) is 24.6. The number of aryl methyl sites for hydroxylation is 2. The van der Waals surface area contributed by atoms with Crippen LogP contribution >= 0.6 is 0 Å². The van der Waals surface area contributed by atoms with Gasteiger partial charge >= 0.3 is 11.9 Å². The van der Waals surface area contributed by atoms with E-state index >= 15 is 0 Å². The molecule has 2 rings (SSSR count). The maximum atomic E-state index is 13.1. The van der Waals surface area contributed by atoms with Gasteiger partial charge in [-0.25, -0.2) is 22.0 Å². The highest BCUT2D eigenvalue weighted by atomic mass is 32.2. The zero-order chi connectivity index (χ0) is 19.5. The van der Waals surface area contributed by atoms with Crippen LogP contribution < -0.4 is 0 Å². The van der Waals surface area contributed by atoms with Crippen molar-refractivity contribution in [1.82, 2.24) is 3.97 Å². The Morgan fingerprint density at radius 2 is 1.50 bits per heavy atom. The molecule has 2 aromatic rings. The van der Waals surface area contributed by atoms with E-state index in [-0.39, 0.29) is 35.1 Å². The van der Waals surface area contributed by atoms with Gasteiger partial charge in [-0.1, -0.05) is 17.7 Å². The zero-order valence-electron chi connectivity index (χ0n) is 15.1. The third kappa shape index (κ3) is 3.65. The molecule has 0 saturated heterocycles. The van der Waals surface area contributed by atoms with E-state index in [0.717, 1.165) is 9.54 Å². The van der Waals surface area contributed by atoms with Crippen LogP contribution in [0.3, 0.4) is 0 Å². The summed E-state index contributed by atoms with van der Waals surface area (Å²) >= 11 is 0. The number of aromatic nitrogens is 1. The van der Waals surface area contributed by atoms with Gasteiger partial charge in [-0.2, -0.15) is 0 Å². The van der Waals surface area contributed by atoms with Crippen molar-refractivity contribution >= 4 is 22.0 Å². The van der Waals surface area contributed by atoms with E-state index in [1.54, 1.807) is 26.0 Å². The first-order chi connectivity index (χ1) is 12.2. The van der Waals surface area contributed by atoms with Crippen molar-refractivity contribution in [1.29, 1.82) is 0 Å². The Hall–Kier alpha value is -2.61. The standard InChI is InChI=1S/C18H21NO6S/c1-5-24-17(20)15-11-13(4)19(16(15)18(21)25-6-2)26(22,23)14-9-7-12(3)8-10-14/h7-11H,5-6H2,1-4H3. The van der Waals surface area contributed by atoms with E-state index < -0.39 is 22.0 Å². The summed E-state index contributed by atoms with van der Waals surface area (Å²) in [6.45, 7) is 6.68. The van der Waals surface area contributed by atoms with Gasteiger partial charge in [-0.3, -0.25) is 0 Å².